The maximum atomic E-state index is 4.60. The minimum Gasteiger partial charge on any atom is -0.335 e. The Bertz CT molecular complexity index is 3680. The van der Waals surface area contributed by atoms with Gasteiger partial charge in [-0.15, -0.1) is 0 Å². The first-order valence-corrected chi connectivity index (χ1v) is 28.7. The molecule has 0 saturated carbocycles. The van der Waals surface area contributed by atoms with Crippen LogP contribution in [0.15, 0.2) is 199 Å². The van der Waals surface area contributed by atoms with Crippen molar-refractivity contribution in [3.8, 4) is 0 Å². The van der Waals surface area contributed by atoms with Crippen molar-refractivity contribution in [2.45, 2.75) is 126 Å². The van der Waals surface area contributed by atoms with Gasteiger partial charge in [-0.05, 0) is 178 Å². The number of para-hydroxylation sites is 2. The molecule has 5 aliphatic rings. The Balaban J connectivity index is 1.17. The number of fused-ring (bicyclic) bond motifs is 8. The summed E-state index contributed by atoms with van der Waals surface area (Å²) in [4.78, 5) is 10.5. The number of allylic oxidation sites excluding steroid dienone is 6. The van der Waals surface area contributed by atoms with Crippen molar-refractivity contribution in [2.24, 2.45) is 5.92 Å². The van der Waals surface area contributed by atoms with Gasteiger partial charge >= 0.3 is 0 Å². The second-order valence-corrected chi connectivity index (χ2v) is 25.6. The number of benzene rings is 7. The highest BCUT2D eigenvalue weighted by atomic mass is 15.2. The smallest absolute Gasteiger partial charge is 0.252 e. The molecule has 1 aliphatic carbocycles. The Morgan fingerprint density at radius 2 is 1.13 bits per heavy atom. The number of anilines is 9. The molecule has 0 aromatic heterocycles. The van der Waals surface area contributed by atoms with Gasteiger partial charge < -0.3 is 19.6 Å². The lowest BCUT2D eigenvalue weighted by Gasteiger charge is -2.54. The zero-order valence-corrected chi connectivity index (χ0v) is 48.6. The maximum Gasteiger partial charge on any atom is 0.252 e. The third-order valence-corrected chi connectivity index (χ3v) is 17.8. The predicted molar refractivity (Wildman–Crippen MR) is 340 cm³/mol. The van der Waals surface area contributed by atoms with E-state index in [4.69, 9.17) is 0 Å². The zero-order chi connectivity index (χ0) is 54.9. The Hall–Kier alpha value is -7.43. The number of rotatable bonds is 8. The summed E-state index contributed by atoms with van der Waals surface area (Å²) >= 11 is 0. The van der Waals surface area contributed by atoms with Gasteiger partial charge in [0, 0.05) is 62.7 Å². The molecule has 4 aliphatic heterocycles. The Morgan fingerprint density at radius 3 is 1.71 bits per heavy atom. The van der Waals surface area contributed by atoms with E-state index in [1.807, 2.05) is 0 Å². The summed E-state index contributed by atoms with van der Waals surface area (Å²) in [6.07, 6.45) is 11.9. The Labute approximate surface area is 467 Å². The van der Waals surface area contributed by atoms with E-state index < -0.39 is 0 Å². The summed E-state index contributed by atoms with van der Waals surface area (Å²) in [5.74, 6) is 0.821. The van der Waals surface area contributed by atoms with Crippen LogP contribution in [0, 0.1) is 19.8 Å². The van der Waals surface area contributed by atoms with Crippen LogP contribution in [0.25, 0.3) is 0 Å². The van der Waals surface area contributed by atoms with Gasteiger partial charge in [-0.2, -0.15) is 0 Å². The number of hydrogen-bond donors (Lipinski definition) is 0. The van der Waals surface area contributed by atoms with Crippen LogP contribution in [0.2, 0.25) is 5.82 Å². The standard InChI is InChI=1S/C72H76B2N4/c1-16-59(47(7)39-46(6)44(2)3)77-64-29-21-27-62-68(64)73(55-23-17-19-25-60(55)75(62)53-35-31-51(32-36-53)71(10,11)12)57-43-67-58(42-66(57)77)74-56-24-18-20-26-61(56)76(54-37-33-52(34-38-54)72(13,14)15)63-28-22-30-65(69(63)74)78(67)70-48(8)40-50(45(4)5)41-49(70)9/h16-45,64,68H,6H2,1-5,7-15H3/b47-39-,59-16-. The first-order chi connectivity index (χ1) is 37.3. The van der Waals surface area contributed by atoms with Gasteiger partial charge in [0.05, 0.1) is 11.7 Å². The first kappa shape index (κ1) is 51.3. The molecule has 0 N–H and O–H groups in total. The fourth-order valence-electron chi connectivity index (χ4n) is 13.8. The maximum absolute atomic E-state index is 4.60. The summed E-state index contributed by atoms with van der Waals surface area (Å²) in [5, 5.41) is 0. The van der Waals surface area contributed by atoms with Crippen molar-refractivity contribution in [1.82, 2.24) is 0 Å². The normalized spacial score (nSPS) is 17.4. The van der Waals surface area contributed by atoms with Crippen molar-refractivity contribution >= 4 is 91.9 Å². The van der Waals surface area contributed by atoms with Crippen LogP contribution < -0.4 is 46.9 Å². The van der Waals surface area contributed by atoms with E-state index in [1.54, 1.807) is 0 Å². The molecule has 6 heteroatoms. The number of aryl methyl sites for hydroxylation is 2. The number of hydrogen-bond acceptors (Lipinski definition) is 4. The van der Waals surface area contributed by atoms with Crippen molar-refractivity contribution in [2.75, 3.05) is 19.6 Å². The van der Waals surface area contributed by atoms with Gasteiger partial charge in [-0.1, -0.05) is 185 Å². The van der Waals surface area contributed by atoms with Crippen molar-refractivity contribution in [3.63, 3.8) is 0 Å². The molecule has 4 heterocycles. The SMILES string of the molecule is C=C(/C=C(C)\C(=C\C)N1c2cc3c(cc2B2c4ccccc4N(c4ccc(C(C)(C)C)cc4)C4=CC=CC1C24)N(c1c(C)cc(C(C)C)cc1C)c1cccc2c1B3c1ccccc1N2c1ccc(C(C)(C)C)cc1)C(C)C. The minimum atomic E-state index is -0.0434. The van der Waals surface area contributed by atoms with Gasteiger partial charge in [-0.25, -0.2) is 0 Å². The molecule has 0 bridgehead atoms. The lowest BCUT2D eigenvalue weighted by Crippen LogP contribution is -2.66. The van der Waals surface area contributed by atoms with Gasteiger partial charge in [-0.3, -0.25) is 0 Å². The molecule has 0 spiro atoms. The molecule has 12 rings (SSSR count). The summed E-state index contributed by atoms with van der Waals surface area (Å²) < 4.78 is 0. The fourth-order valence-corrected chi connectivity index (χ4v) is 13.8. The molecule has 0 radical (unpaired) electrons. The first-order valence-electron chi connectivity index (χ1n) is 28.7. The van der Waals surface area contributed by atoms with E-state index in [2.05, 4.69) is 293 Å². The largest absolute Gasteiger partial charge is 0.335 e. The molecular weight excluding hydrogens is 942 g/mol. The molecule has 78 heavy (non-hydrogen) atoms. The monoisotopic (exact) mass is 1020 g/mol. The molecule has 0 fully saturated rings. The van der Waals surface area contributed by atoms with E-state index in [1.165, 1.54) is 123 Å². The van der Waals surface area contributed by atoms with Gasteiger partial charge in [0.2, 0.25) is 6.71 Å². The highest BCUT2D eigenvalue weighted by molar-refractivity contribution is 7.00. The van der Waals surface area contributed by atoms with Gasteiger partial charge in [0.25, 0.3) is 6.71 Å². The molecule has 0 amide bonds. The van der Waals surface area contributed by atoms with E-state index >= 15 is 0 Å². The lowest BCUT2D eigenvalue weighted by molar-refractivity contribution is 0.590. The molecule has 2 unspecified atom stereocenters. The molecule has 390 valence electrons. The third kappa shape index (κ3) is 8.10. The fraction of sp³-hybridized carbons (Fsp3) is 0.278. The molecule has 0 saturated heterocycles. The van der Waals surface area contributed by atoms with Crippen LogP contribution in [0.3, 0.4) is 0 Å². The second kappa shape index (κ2) is 18.9. The van der Waals surface area contributed by atoms with Crippen LogP contribution in [-0.4, -0.2) is 19.5 Å². The average molecular weight is 1020 g/mol. The number of nitrogens with zero attached hydrogens (tertiary/aromatic N) is 4. The Kier molecular flexibility index (Phi) is 12.4. The minimum absolute atomic E-state index is 0.00734. The third-order valence-electron chi connectivity index (χ3n) is 17.8. The Morgan fingerprint density at radius 1 is 0.590 bits per heavy atom. The molecule has 4 nitrogen and oxygen atoms in total. The molecule has 7 aromatic carbocycles. The van der Waals surface area contributed by atoms with Crippen LogP contribution in [0.5, 0.6) is 0 Å². The van der Waals surface area contributed by atoms with Crippen molar-refractivity contribution < 1.29 is 0 Å². The summed E-state index contributed by atoms with van der Waals surface area (Å²) in [7, 11) is 0. The summed E-state index contributed by atoms with van der Waals surface area (Å²) in [5.41, 5.74) is 29.3. The molecular formula is C72H76B2N4. The quantitative estimate of drug-likeness (QED) is 0.111. The summed E-state index contributed by atoms with van der Waals surface area (Å²) in [6.45, 7) is 36.8. The highest BCUT2D eigenvalue weighted by Crippen LogP contribution is 2.52. The van der Waals surface area contributed by atoms with E-state index in [0.717, 1.165) is 5.57 Å². The molecule has 2 atom stereocenters. The van der Waals surface area contributed by atoms with E-state index in [0.29, 0.717) is 11.8 Å². The zero-order valence-electron chi connectivity index (χ0n) is 48.6. The van der Waals surface area contributed by atoms with Gasteiger partial charge in [0.15, 0.2) is 0 Å². The van der Waals surface area contributed by atoms with E-state index in [9.17, 15) is 0 Å². The van der Waals surface area contributed by atoms with Gasteiger partial charge in [0.1, 0.15) is 0 Å². The second-order valence-electron chi connectivity index (χ2n) is 25.6. The van der Waals surface area contributed by atoms with Crippen LogP contribution in [0.4, 0.5) is 51.2 Å². The van der Waals surface area contributed by atoms with Crippen molar-refractivity contribution in [3.05, 3.63) is 227 Å². The highest BCUT2D eigenvalue weighted by Gasteiger charge is 2.54. The average Bonchev–Trinajstić information content (AvgIpc) is 2.85. The van der Waals surface area contributed by atoms with Crippen molar-refractivity contribution in [1.29, 1.82) is 0 Å². The lowest BCUT2D eigenvalue weighted by atomic mass is 9.27. The van der Waals surface area contributed by atoms with Crippen LogP contribution in [-0.2, 0) is 10.8 Å². The van der Waals surface area contributed by atoms with Crippen LogP contribution >= 0.6 is 0 Å². The molecule has 7 aromatic rings. The summed E-state index contributed by atoms with van der Waals surface area (Å²) in [6, 6.07) is 54.5. The topological polar surface area (TPSA) is 13.0 Å². The van der Waals surface area contributed by atoms with Crippen LogP contribution in [0.1, 0.15) is 117 Å². The predicted octanol–water partition coefficient (Wildman–Crippen LogP) is 15.9. The van der Waals surface area contributed by atoms with E-state index in [-0.39, 0.29) is 36.1 Å².